The summed E-state index contributed by atoms with van der Waals surface area (Å²) in [7, 11) is 0. The molecule has 2 aliphatic carbocycles. The van der Waals surface area contributed by atoms with Gasteiger partial charge in [-0.2, -0.15) is 5.10 Å². The van der Waals surface area contributed by atoms with E-state index in [9.17, 15) is 15.3 Å². The number of aromatic hydroxyl groups is 3. The minimum atomic E-state index is -0.352. The highest BCUT2D eigenvalue weighted by Crippen LogP contribution is 2.42. The van der Waals surface area contributed by atoms with Gasteiger partial charge >= 0.3 is 0 Å². The van der Waals surface area contributed by atoms with E-state index in [0.717, 1.165) is 23.7 Å². The molecule has 2 fully saturated rings. The Balaban J connectivity index is 1.74. The number of aryl methyl sites for hydroxylation is 1. The van der Waals surface area contributed by atoms with Gasteiger partial charge in [0.2, 0.25) is 4.80 Å². The van der Waals surface area contributed by atoms with Crippen LogP contribution in [-0.2, 0) is 0 Å². The molecule has 0 unspecified atom stereocenters. The van der Waals surface area contributed by atoms with Gasteiger partial charge in [0, 0.05) is 22.4 Å². The lowest BCUT2D eigenvalue weighted by atomic mass is 9.96. The molecular formula is C20H25N3O3S. The van der Waals surface area contributed by atoms with Crippen molar-refractivity contribution in [3.63, 3.8) is 0 Å². The molecule has 4 rings (SSSR count). The molecule has 3 N–H and O–H groups in total. The maximum atomic E-state index is 10.0. The van der Waals surface area contributed by atoms with Crippen molar-refractivity contribution in [2.75, 3.05) is 0 Å². The van der Waals surface area contributed by atoms with Crippen molar-refractivity contribution in [3.8, 4) is 17.2 Å². The molecule has 0 aliphatic heterocycles. The first-order valence-electron chi connectivity index (χ1n) is 9.58. The van der Waals surface area contributed by atoms with Crippen LogP contribution >= 0.6 is 11.3 Å². The topological polar surface area (TPSA) is 90.3 Å². The number of rotatable bonds is 4. The SMILES string of the molecule is Cc1sc(=NC2CCCCC2)n(/N=C/c2cc(O)c(O)cc2O)c1C1CC1. The van der Waals surface area contributed by atoms with Gasteiger partial charge < -0.3 is 15.3 Å². The number of phenolic OH excluding ortho intramolecular Hbond substituents is 3. The second kappa shape index (κ2) is 7.38. The number of thiazole rings is 1. The molecule has 1 aromatic carbocycles. The maximum absolute atomic E-state index is 10.0. The molecule has 1 heterocycles. The van der Waals surface area contributed by atoms with Crippen LogP contribution in [0.4, 0.5) is 0 Å². The standard InChI is InChI=1S/C20H25N3O3S/c1-12-19(13-7-8-13)23(20(27-12)22-15-5-3-2-4-6-15)21-11-14-9-17(25)18(26)10-16(14)24/h9-11,13,15,24-26H,2-8H2,1H3/b21-11+,22-20?. The first-order valence-corrected chi connectivity index (χ1v) is 10.4. The summed E-state index contributed by atoms with van der Waals surface area (Å²) in [5.74, 6) is -0.235. The second-order valence-electron chi connectivity index (χ2n) is 7.48. The van der Waals surface area contributed by atoms with Crippen LogP contribution in [0.5, 0.6) is 17.2 Å². The Morgan fingerprint density at radius 2 is 1.70 bits per heavy atom. The van der Waals surface area contributed by atoms with Crippen molar-refractivity contribution in [2.45, 2.75) is 63.8 Å². The highest BCUT2D eigenvalue weighted by molar-refractivity contribution is 7.09. The van der Waals surface area contributed by atoms with E-state index in [1.165, 1.54) is 55.0 Å². The Morgan fingerprint density at radius 1 is 1.00 bits per heavy atom. The van der Waals surface area contributed by atoms with Crippen molar-refractivity contribution in [1.29, 1.82) is 0 Å². The van der Waals surface area contributed by atoms with Gasteiger partial charge in [0.05, 0.1) is 18.0 Å². The zero-order valence-corrected chi connectivity index (χ0v) is 16.2. The Bertz CT molecular complexity index is 935. The summed E-state index contributed by atoms with van der Waals surface area (Å²) >= 11 is 1.68. The minimum Gasteiger partial charge on any atom is -0.507 e. The minimum absolute atomic E-state index is 0.125. The van der Waals surface area contributed by atoms with Crippen molar-refractivity contribution in [1.82, 2.24) is 4.68 Å². The van der Waals surface area contributed by atoms with Crippen molar-refractivity contribution in [3.05, 3.63) is 33.1 Å². The smallest absolute Gasteiger partial charge is 0.206 e. The third kappa shape index (κ3) is 3.88. The van der Waals surface area contributed by atoms with Gasteiger partial charge in [0.25, 0.3) is 0 Å². The molecule has 2 saturated carbocycles. The molecular weight excluding hydrogens is 362 g/mol. The number of nitrogens with zero attached hydrogens (tertiary/aromatic N) is 3. The summed E-state index contributed by atoms with van der Waals surface area (Å²) < 4.78 is 1.91. The summed E-state index contributed by atoms with van der Waals surface area (Å²) in [5.41, 5.74) is 1.56. The van der Waals surface area contributed by atoms with E-state index in [-0.39, 0.29) is 17.2 Å². The van der Waals surface area contributed by atoms with Gasteiger partial charge in [-0.25, -0.2) is 4.68 Å². The predicted molar refractivity (Wildman–Crippen MR) is 106 cm³/mol. The van der Waals surface area contributed by atoms with Gasteiger partial charge in [0.1, 0.15) is 5.75 Å². The van der Waals surface area contributed by atoms with E-state index in [1.807, 2.05) is 4.68 Å². The lowest BCUT2D eigenvalue weighted by molar-refractivity contribution is 0.396. The molecule has 7 heteroatoms. The Labute approximate surface area is 162 Å². The van der Waals surface area contributed by atoms with E-state index < -0.39 is 0 Å². The average Bonchev–Trinajstić information content (AvgIpc) is 3.43. The van der Waals surface area contributed by atoms with Gasteiger partial charge in [-0.1, -0.05) is 19.3 Å². The van der Waals surface area contributed by atoms with E-state index >= 15 is 0 Å². The first-order chi connectivity index (χ1) is 13.0. The summed E-state index contributed by atoms with van der Waals surface area (Å²) in [6.07, 6.45) is 9.88. The number of hydrogen-bond acceptors (Lipinski definition) is 6. The normalized spacial score (nSPS) is 19.2. The van der Waals surface area contributed by atoms with Gasteiger partial charge in [-0.05, 0) is 38.7 Å². The zero-order valence-electron chi connectivity index (χ0n) is 15.4. The molecule has 2 aliphatic rings. The Kier molecular flexibility index (Phi) is 4.95. The molecule has 0 atom stereocenters. The highest BCUT2D eigenvalue weighted by Gasteiger charge is 2.30. The molecule has 27 heavy (non-hydrogen) atoms. The Hall–Kier alpha value is -2.28. The monoisotopic (exact) mass is 387 g/mol. The molecule has 0 bridgehead atoms. The van der Waals surface area contributed by atoms with Crippen LogP contribution in [0.3, 0.4) is 0 Å². The van der Waals surface area contributed by atoms with Crippen LogP contribution in [0.2, 0.25) is 0 Å². The molecule has 6 nitrogen and oxygen atoms in total. The molecule has 0 spiro atoms. The van der Waals surface area contributed by atoms with E-state index in [4.69, 9.17) is 4.99 Å². The van der Waals surface area contributed by atoms with Crippen LogP contribution in [-0.4, -0.2) is 32.3 Å². The predicted octanol–water partition coefficient (Wildman–Crippen LogP) is 3.97. The van der Waals surface area contributed by atoms with Crippen LogP contribution in [0, 0.1) is 6.92 Å². The maximum Gasteiger partial charge on any atom is 0.206 e. The third-order valence-electron chi connectivity index (χ3n) is 5.28. The number of phenols is 3. The van der Waals surface area contributed by atoms with Crippen LogP contribution < -0.4 is 4.80 Å². The fourth-order valence-electron chi connectivity index (χ4n) is 3.67. The van der Waals surface area contributed by atoms with Gasteiger partial charge in [-0.15, -0.1) is 11.3 Å². The molecule has 0 radical (unpaired) electrons. The highest BCUT2D eigenvalue weighted by atomic mass is 32.1. The number of hydrogen-bond donors (Lipinski definition) is 3. The summed E-state index contributed by atoms with van der Waals surface area (Å²) in [6.45, 7) is 2.12. The third-order valence-corrected chi connectivity index (χ3v) is 6.26. The quantitative estimate of drug-likeness (QED) is 0.421. The molecule has 0 amide bonds. The first kappa shape index (κ1) is 18.1. The van der Waals surface area contributed by atoms with Crippen LogP contribution in [0.15, 0.2) is 22.2 Å². The summed E-state index contributed by atoms with van der Waals surface area (Å²) in [6, 6.07) is 2.79. The van der Waals surface area contributed by atoms with Crippen LogP contribution in [0.25, 0.3) is 0 Å². The average molecular weight is 388 g/mol. The van der Waals surface area contributed by atoms with Crippen LogP contribution in [0.1, 0.15) is 67.0 Å². The lowest BCUT2D eigenvalue weighted by Crippen LogP contribution is -2.19. The van der Waals surface area contributed by atoms with Crippen molar-refractivity contribution >= 4 is 17.6 Å². The van der Waals surface area contributed by atoms with Crippen molar-refractivity contribution in [2.24, 2.45) is 10.1 Å². The van der Waals surface area contributed by atoms with Gasteiger partial charge in [-0.3, -0.25) is 4.99 Å². The number of aromatic nitrogens is 1. The summed E-state index contributed by atoms with van der Waals surface area (Å²) in [5, 5.41) is 33.8. The lowest BCUT2D eigenvalue weighted by Gasteiger charge is -2.16. The number of benzene rings is 1. The van der Waals surface area contributed by atoms with E-state index in [2.05, 4.69) is 12.0 Å². The zero-order chi connectivity index (χ0) is 19.0. The second-order valence-corrected chi connectivity index (χ2v) is 8.66. The Morgan fingerprint density at radius 3 is 2.41 bits per heavy atom. The fraction of sp³-hybridized carbons (Fsp3) is 0.500. The fourth-order valence-corrected chi connectivity index (χ4v) is 4.73. The van der Waals surface area contributed by atoms with E-state index in [1.54, 1.807) is 11.3 Å². The molecule has 0 saturated heterocycles. The largest absolute Gasteiger partial charge is 0.507 e. The summed E-state index contributed by atoms with van der Waals surface area (Å²) in [4.78, 5) is 7.13. The van der Waals surface area contributed by atoms with E-state index in [0.29, 0.717) is 17.5 Å². The molecule has 144 valence electrons. The van der Waals surface area contributed by atoms with Gasteiger partial charge in [0.15, 0.2) is 11.5 Å². The molecule has 2 aromatic rings. The molecule has 1 aromatic heterocycles. The van der Waals surface area contributed by atoms with Crippen molar-refractivity contribution < 1.29 is 15.3 Å².